The lowest BCUT2D eigenvalue weighted by Crippen LogP contribution is -2.42. The molecule has 3 nitrogen and oxygen atoms in total. The summed E-state index contributed by atoms with van der Waals surface area (Å²) < 4.78 is 2.33. The average Bonchev–Trinajstić information content (AvgIpc) is 3.28. The molecule has 2 aromatic heterocycles. The highest BCUT2D eigenvalue weighted by Gasteiger charge is 2.57. The van der Waals surface area contributed by atoms with Crippen molar-refractivity contribution in [3.63, 3.8) is 0 Å². The lowest BCUT2D eigenvalue weighted by atomic mass is 9.59. The maximum Gasteiger partial charge on any atom is 0.148 e. The van der Waals surface area contributed by atoms with Gasteiger partial charge in [0.15, 0.2) is 0 Å². The van der Waals surface area contributed by atoms with Gasteiger partial charge in [0.25, 0.3) is 0 Å². The molecule has 1 aliphatic carbocycles. The minimum atomic E-state index is -0.174. The van der Waals surface area contributed by atoms with E-state index in [1.165, 1.54) is 11.1 Å². The molecule has 0 radical (unpaired) electrons. The Morgan fingerprint density at radius 3 is 2.05 bits per heavy atom. The normalized spacial score (nSPS) is 17.8. The first-order chi connectivity index (χ1) is 17.7. The topological polar surface area (TPSA) is 30.2 Å². The van der Waals surface area contributed by atoms with Crippen molar-refractivity contribution in [1.82, 2.24) is 14.4 Å². The lowest BCUT2D eigenvalue weighted by Gasteiger charge is -2.44. The molecule has 3 aromatic carbocycles. The molecule has 0 saturated carbocycles. The zero-order valence-corrected chi connectivity index (χ0v) is 24.3. The minimum absolute atomic E-state index is 0.0289. The first kappa shape index (κ1) is 24.9. The van der Waals surface area contributed by atoms with E-state index < -0.39 is 0 Å². The van der Waals surface area contributed by atoms with Gasteiger partial charge in [0.05, 0.1) is 16.6 Å². The maximum absolute atomic E-state index is 5.41. The molecule has 0 fully saturated rings. The number of aromatic nitrogens is 3. The van der Waals surface area contributed by atoms with Crippen LogP contribution < -0.4 is 0 Å². The van der Waals surface area contributed by atoms with Crippen LogP contribution in [0.3, 0.4) is 0 Å². The van der Waals surface area contributed by atoms with Gasteiger partial charge >= 0.3 is 0 Å². The molecule has 0 atom stereocenters. The first-order valence-electron chi connectivity index (χ1n) is 13.7. The monoisotopic (exact) mass is 501 g/mol. The third-order valence-corrected chi connectivity index (χ3v) is 10.1. The lowest BCUT2D eigenvalue weighted by molar-refractivity contribution is 0.125. The van der Waals surface area contributed by atoms with E-state index in [9.17, 15) is 0 Å². The second kappa shape index (κ2) is 7.56. The van der Waals surface area contributed by atoms with Crippen molar-refractivity contribution in [2.45, 2.75) is 78.6 Å². The fourth-order valence-corrected chi connectivity index (χ4v) is 6.54. The van der Waals surface area contributed by atoms with Gasteiger partial charge in [-0.05, 0) is 56.7 Å². The van der Waals surface area contributed by atoms with Crippen LogP contribution in [0.25, 0.3) is 44.8 Å². The molecule has 0 saturated heterocycles. The summed E-state index contributed by atoms with van der Waals surface area (Å²) in [6.45, 7) is 25.1. The van der Waals surface area contributed by atoms with Gasteiger partial charge in [-0.25, -0.2) is 9.97 Å². The van der Waals surface area contributed by atoms with Gasteiger partial charge in [-0.2, -0.15) is 0 Å². The zero-order valence-electron chi connectivity index (χ0n) is 24.3. The first-order valence-corrected chi connectivity index (χ1v) is 13.7. The predicted molar refractivity (Wildman–Crippen MR) is 162 cm³/mol. The van der Waals surface area contributed by atoms with E-state index in [1.54, 1.807) is 0 Å². The predicted octanol–water partition coefficient (Wildman–Crippen LogP) is 9.24. The molecule has 38 heavy (non-hydrogen) atoms. The molecule has 0 spiro atoms. The van der Waals surface area contributed by atoms with Crippen LogP contribution in [-0.4, -0.2) is 14.4 Å². The van der Waals surface area contributed by atoms with Crippen LogP contribution in [0.5, 0.6) is 0 Å². The van der Waals surface area contributed by atoms with Gasteiger partial charge in [0.1, 0.15) is 11.5 Å². The number of fused-ring (bicyclic) bond motifs is 6. The zero-order chi connectivity index (χ0) is 27.4. The van der Waals surface area contributed by atoms with Crippen molar-refractivity contribution in [3.05, 3.63) is 83.7 Å². The molecule has 6 rings (SSSR count). The third kappa shape index (κ3) is 3.08. The number of nitrogens with zero attached hydrogens (tertiary/aromatic N) is 3. The van der Waals surface area contributed by atoms with Crippen LogP contribution in [0.15, 0.2) is 61.2 Å². The molecular weight excluding hydrogens is 462 g/mol. The van der Waals surface area contributed by atoms with Crippen molar-refractivity contribution in [1.29, 1.82) is 0 Å². The molecule has 0 N–H and O–H groups in total. The van der Waals surface area contributed by atoms with Gasteiger partial charge < -0.3 is 0 Å². The van der Waals surface area contributed by atoms with Crippen molar-refractivity contribution in [2.75, 3.05) is 0 Å². The quantitative estimate of drug-likeness (QED) is 0.241. The van der Waals surface area contributed by atoms with E-state index in [4.69, 9.17) is 9.97 Å². The Balaban J connectivity index is 1.74. The number of benzene rings is 3. The summed E-state index contributed by atoms with van der Waals surface area (Å²) in [5.41, 5.74) is 10.4. The van der Waals surface area contributed by atoms with Gasteiger partial charge in [-0.15, -0.1) is 0 Å². The van der Waals surface area contributed by atoms with Crippen LogP contribution in [-0.2, 0) is 16.2 Å². The van der Waals surface area contributed by atoms with Crippen LogP contribution in [0, 0.1) is 5.41 Å². The van der Waals surface area contributed by atoms with E-state index >= 15 is 0 Å². The molecule has 0 unspecified atom stereocenters. The Hall–Kier alpha value is -3.46. The van der Waals surface area contributed by atoms with Crippen LogP contribution in [0.1, 0.15) is 84.8 Å². The maximum atomic E-state index is 5.41. The molecule has 3 heteroatoms. The summed E-state index contributed by atoms with van der Waals surface area (Å²) in [6, 6.07) is 19.8. The largest absolute Gasteiger partial charge is 0.279 e. The smallest absolute Gasteiger partial charge is 0.148 e. The van der Waals surface area contributed by atoms with Crippen molar-refractivity contribution in [2.24, 2.45) is 5.41 Å². The molecule has 194 valence electrons. The fourth-order valence-electron chi connectivity index (χ4n) is 6.54. The summed E-state index contributed by atoms with van der Waals surface area (Å²) in [7, 11) is 0. The fraction of sp³-hybridized carbons (Fsp3) is 0.371. The molecule has 2 heterocycles. The number of imidazole rings is 1. The Morgan fingerprint density at radius 1 is 0.816 bits per heavy atom. The standard InChI is InChI=1S/C35H39N3/c1-11-21-15-17-22(18-16-21)23-13-12-14-24-29(23)37-31(32(2,3)4)38-28-20-26-25(19-27(28)36-30(24)38)33(5,6)35(9,10)34(26,7)8/h11-20H,1H2,2-10H3. The number of rotatable bonds is 2. The SMILES string of the molecule is C=Cc1ccc(-c2cccc3c2nc(C(C)(C)C)n2c4cc5c(cc4nc32)C(C)(C)C(C)(C)C5(C)C)cc1. The van der Waals surface area contributed by atoms with Crippen LogP contribution >= 0.6 is 0 Å². The molecule has 1 aliphatic rings. The van der Waals surface area contributed by atoms with Crippen molar-refractivity contribution >= 4 is 33.7 Å². The highest BCUT2D eigenvalue weighted by Crippen LogP contribution is 2.62. The Morgan fingerprint density at radius 2 is 1.45 bits per heavy atom. The van der Waals surface area contributed by atoms with Crippen LogP contribution in [0.4, 0.5) is 0 Å². The minimum Gasteiger partial charge on any atom is -0.279 e. The second-order valence-corrected chi connectivity index (χ2v) is 13.7. The third-order valence-electron chi connectivity index (χ3n) is 10.1. The summed E-state index contributed by atoms with van der Waals surface area (Å²) in [4.78, 5) is 10.7. The summed E-state index contributed by atoms with van der Waals surface area (Å²) in [6.07, 6.45) is 1.88. The highest BCUT2D eigenvalue weighted by atomic mass is 15.1. The molecule has 0 amide bonds. The Labute approximate surface area is 226 Å². The number of hydrogen-bond donors (Lipinski definition) is 0. The summed E-state index contributed by atoms with van der Waals surface area (Å²) in [5, 5.41) is 1.08. The number of para-hydroxylation sites is 1. The summed E-state index contributed by atoms with van der Waals surface area (Å²) >= 11 is 0. The molecular formula is C35H39N3. The van der Waals surface area contributed by atoms with Crippen molar-refractivity contribution < 1.29 is 0 Å². The number of hydrogen-bond acceptors (Lipinski definition) is 2. The van der Waals surface area contributed by atoms with Crippen LogP contribution in [0.2, 0.25) is 0 Å². The van der Waals surface area contributed by atoms with Gasteiger partial charge in [-0.3, -0.25) is 4.40 Å². The van der Waals surface area contributed by atoms with E-state index in [-0.39, 0.29) is 21.7 Å². The highest BCUT2D eigenvalue weighted by molar-refractivity contribution is 6.03. The molecule has 0 bridgehead atoms. The Bertz CT molecular complexity index is 1770. The summed E-state index contributed by atoms with van der Waals surface area (Å²) in [5.74, 6) is 1.03. The van der Waals surface area contributed by atoms with Gasteiger partial charge in [0, 0.05) is 16.4 Å². The Kier molecular flexibility index (Phi) is 4.94. The van der Waals surface area contributed by atoms with E-state index in [0.29, 0.717) is 0 Å². The van der Waals surface area contributed by atoms with E-state index in [0.717, 1.165) is 50.1 Å². The molecule has 5 aromatic rings. The second-order valence-electron chi connectivity index (χ2n) is 13.7. The van der Waals surface area contributed by atoms with Gasteiger partial charge in [0.2, 0.25) is 0 Å². The average molecular weight is 502 g/mol. The van der Waals surface area contributed by atoms with Crippen molar-refractivity contribution in [3.8, 4) is 11.1 Å². The molecule has 0 aliphatic heterocycles. The van der Waals surface area contributed by atoms with Gasteiger partial charge in [-0.1, -0.05) is 111 Å². The van der Waals surface area contributed by atoms with E-state index in [2.05, 4.69) is 128 Å². The van der Waals surface area contributed by atoms with E-state index in [1.807, 2.05) is 6.08 Å².